The summed E-state index contributed by atoms with van der Waals surface area (Å²) in [5.41, 5.74) is 0. The summed E-state index contributed by atoms with van der Waals surface area (Å²) in [4.78, 5) is 2.86. The molecule has 4 atom stereocenters. The molecule has 0 bridgehead atoms. The van der Waals surface area contributed by atoms with Gasteiger partial charge in [0.15, 0.2) is 0 Å². The summed E-state index contributed by atoms with van der Waals surface area (Å²) in [5, 5.41) is 3.60. The lowest BCUT2D eigenvalue weighted by Crippen LogP contribution is -2.49. The van der Waals surface area contributed by atoms with Crippen molar-refractivity contribution in [3.05, 3.63) is 0 Å². The van der Waals surface area contributed by atoms with Gasteiger partial charge in [-0.2, -0.15) is 0 Å². The molecule has 98 valence electrons. The van der Waals surface area contributed by atoms with Crippen LogP contribution in [0.25, 0.3) is 0 Å². The van der Waals surface area contributed by atoms with Gasteiger partial charge in [0.1, 0.15) is 0 Å². The monoisotopic (exact) mass is 236 g/mol. The summed E-state index contributed by atoms with van der Waals surface area (Å²) in [6.07, 6.45) is 10.3. The number of likely N-dealkylation sites (tertiary alicyclic amines) is 1. The van der Waals surface area contributed by atoms with Crippen molar-refractivity contribution in [1.29, 1.82) is 0 Å². The molecule has 0 radical (unpaired) electrons. The Balaban J connectivity index is 1.61. The molecule has 2 saturated heterocycles. The molecule has 2 unspecified atom stereocenters. The lowest BCUT2D eigenvalue weighted by Gasteiger charge is -2.45. The lowest BCUT2D eigenvalue weighted by molar-refractivity contribution is 0.0470. The van der Waals surface area contributed by atoms with Crippen molar-refractivity contribution in [3.63, 3.8) is 0 Å². The highest BCUT2D eigenvalue weighted by atomic mass is 15.2. The van der Waals surface area contributed by atoms with Gasteiger partial charge in [0.2, 0.25) is 0 Å². The highest BCUT2D eigenvalue weighted by Gasteiger charge is 2.35. The van der Waals surface area contributed by atoms with Gasteiger partial charge >= 0.3 is 0 Å². The summed E-state index contributed by atoms with van der Waals surface area (Å²) in [6.45, 7) is 6.37. The van der Waals surface area contributed by atoms with Crippen LogP contribution in [0.3, 0.4) is 0 Å². The molecule has 0 aromatic rings. The molecule has 0 aromatic carbocycles. The van der Waals surface area contributed by atoms with E-state index in [0.717, 1.165) is 23.9 Å². The Kier molecular flexibility index (Phi) is 3.72. The third kappa shape index (κ3) is 2.53. The van der Waals surface area contributed by atoms with Crippen molar-refractivity contribution in [2.45, 2.75) is 64.0 Å². The van der Waals surface area contributed by atoms with Crippen LogP contribution < -0.4 is 5.32 Å². The fraction of sp³-hybridized carbons (Fsp3) is 1.00. The van der Waals surface area contributed by atoms with E-state index < -0.39 is 0 Å². The van der Waals surface area contributed by atoms with Gasteiger partial charge in [-0.1, -0.05) is 12.8 Å². The third-order valence-electron chi connectivity index (χ3n) is 5.52. The highest BCUT2D eigenvalue weighted by molar-refractivity contribution is 4.90. The second-order valence-electron chi connectivity index (χ2n) is 6.54. The van der Waals surface area contributed by atoms with E-state index in [1.165, 1.54) is 64.6 Å². The van der Waals surface area contributed by atoms with Gasteiger partial charge in [-0.05, 0) is 64.0 Å². The van der Waals surface area contributed by atoms with Crippen LogP contribution in [0.1, 0.15) is 51.9 Å². The summed E-state index contributed by atoms with van der Waals surface area (Å²) in [6, 6.07) is 1.70. The number of hydrogen-bond donors (Lipinski definition) is 1. The van der Waals surface area contributed by atoms with Gasteiger partial charge in [0.25, 0.3) is 0 Å². The molecular weight excluding hydrogens is 208 g/mol. The Morgan fingerprint density at radius 3 is 2.71 bits per heavy atom. The number of nitrogens with one attached hydrogen (secondary N) is 1. The largest absolute Gasteiger partial charge is 0.314 e. The normalized spacial score (nSPS) is 43.6. The zero-order valence-electron chi connectivity index (χ0n) is 11.3. The van der Waals surface area contributed by atoms with Crippen molar-refractivity contribution in [1.82, 2.24) is 10.2 Å². The standard InChI is InChI=1S/C15H28N2/c1-12-14(8-9-16-12)11-17-10-4-6-13-5-2-3-7-15(13)17/h12-16H,2-11H2,1H3/t12?,13-,14?,15-/m1/s1. The van der Waals surface area contributed by atoms with E-state index in [1.807, 2.05) is 0 Å². The number of nitrogens with zero attached hydrogens (tertiary/aromatic N) is 1. The molecule has 0 amide bonds. The van der Waals surface area contributed by atoms with Crippen LogP contribution in [0.15, 0.2) is 0 Å². The molecule has 2 nitrogen and oxygen atoms in total. The molecule has 2 aliphatic heterocycles. The smallest absolute Gasteiger partial charge is 0.0124 e. The number of rotatable bonds is 2. The molecule has 0 aromatic heterocycles. The van der Waals surface area contributed by atoms with E-state index in [4.69, 9.17) is 0 Å². The van der Waals surface area contributed by atoms with Crippen molar-refractivity contribution >= 4 is 0 Å². The van der Waals surface area contributed by atoms with E-state index in [-0.39, 0.29) is 0 Å². The quantitative estimate of drug-likeness (QED) is 0.793. The first kappa shape index (κ1) is 12.0. The predicted molar refractivity (Wildman–Crippen MR) is 72.1 cm³/mol. The molecule has 3 rings (SSSR count). The molecule has 1 N–H and O–H groups in total. The van der Waals surface area contributed by atoms with Crippen molar-refractivity contribution in [2.75, 3.05) is 19.6 Å². The minimum Gasteiger partial charge on any atom is -0.314 e. The van der Waals surface area contributed by atoms with Crippen LogP contribution in [0, 0.1) is 11.8 Å². The molecule has 3 aliphatic rings. The SMILES string of the molecule is CC1NCCC1CN1CCC[C@H]2CCCC[C@H]21. The summed E-state index contributed by atoms with van der Waals surface area (Å²) >= 11 is 0. The van der Waals surface area contributed by atoms with Gasteiger partial charge < -0.3 is 5.32 Å². The highest BCUT2D eigenvalue weighted by Crippen LogP contribution is 2.36. The zero-order valence-corrected chi connectivity index (χ0v) is 11.3. The first-order valence-corrected chi connectivity index (χ1v) is 7.82. The molecular formula is C15H28N2. The Bertz CT molecular complexity index is 251. The summed E-state index contributed by atoms with van der Waals surface area (Å²) in [7, 11) is 0. The Hall–Kier alpha value is -0.0800. The van der Waals surface area contributed by atoms with Gasteiger partial charge in [-0.3, -0.25) is 4.90 Å². The van der Waals surface area contributed by atoms with Crippen LogP contribution >= 0.6 is 0 Å². The van der Waals surface area contributed by atoms with Crippen LogP contribution in [0.4, 0.5) is 0 Å². The minimum absolute atomic E-state index is 0.749. The molecule has 2 heteroatoms. The second kappa shape index (κ2) is 5.27. The maximum atomic E-state index is 3.60. The van der Waals surface area contributed by atoms with E-state index >= 15 is 0 Å². The second-order valence-corrected chi connectivity index (χ2v) is 6.54. The first-order valence-electron chi connectivity index (χ1n) is 7.82. The van der Waals surface area contributed by atoms with Gasteiger partial charge in [-0.25, -0.2) is 0 Å². The Labute approximate surface area is 106 Å². The van der Waals surface area contributed by atoms with Crippen molar-refractivity contribution in [3.8, 4) is 0 Å². The maximum Gasteiger partial charge on any atom is 0.0124 e. The van der Waals surface area contributed by atoms with Crippen LogP contribution in [0.5, 0.6) is 0 Å². The minimum atomic E-state index is 0.749. The van der Waals surface area contributed by atoms with Gasteiger partial charge in [0, 0.05) is 18.6 Å². The molecule has 1 saturated carbocycles. The fourth-order valence-electron chi connectivity index (χ4n) is 4.42. The van der Waals surface area contributed by atoms with Crippen LogP contribution in [0.2, 0.25) is 0 Å². The van der Waals surface area contributed by atoms with Gasteiger partial charge in [0.05, 0.1) is 0 Å². The topological polar surface area (TPSA) is 15.3 Å². The lowest BCUT2D eigenvalue weighted by atomic mass is 9.78. The van der Waals surface area contributed by atoms with E-state index in [9.17, 15) is 0 Å². The number of hydrogen-bond acceptors (Lipinski definition) is 2. The van der Waals surface area contributed by atoms with E-state index in [2.05, 4.69) is 17.1 Å². The molecule has 17 heavy (non-hydrogen) atoms. The first-order chi connectivity index (χ1) is 8.34. The summed E-state index contributed by atoms with van der Waals surface area (Å²) in [5.74, 6) is 1.96. The molecule has 1 aliphatic carbocycles. The van der Waals surface area contributed by atoms with Crippen molar-refractivity contribution in [2.24, 2.45) is 11.8 Å². The molecule has 0 spiro atoms. The Morgan fingerprint density at radius 1 is 1.06 bits per heavy atom. The van der Waals surface area contributed by atoms with Crippen molar-refractivity contribution < 1.29 is 0 Å². The average Bonchev–Trinajstić information content (AvgIpc) is 2.76. The fourth-order valence-corrected chi connectivity index (χ4v) is 4.42. The number of piperidine rings is 1. The van der Waals surface area contributed by atoms with E-state index in [0.29, 0.717) is 0 Å². The zero-order chi connectivity index (χ0) is 11.7. The Morgan fingerprint density at radius 2 is 1.88 bits per heavy atom. The van der Waals surface area contributed by atoms with E-state index in [1.54, 1.807) is 0 Å². The third-order valence-corrected chi connectivity index (χ3v) is 5.52. The molecule has 2 heterocycles. The van der Waals surface area contributed by atoms with Gasteiger partial charge in [-0.15, -0.1) is 0 Å². The average molecular weight is 236 g/mol. The predicted octanol–water partition coefficient (Wildman–Crippen LogP) is 2.64. The summed E-state index contributed by atoms with van der Waals surface area (Å²) < 4.78 is 0. The number of fused-ring (bicyclic) bond motifs is 1. The maximum absolute atomic E-state index is 3.60. The van der Waals surface area contributed by atoms with Crippen LogP contribution in [-0.2, 0) is 0 Å². The molecule has 3 fully saturated rings. The van der Waals surface area contributed by atoms with Crippen LogP contribution in [-0.4, -0.2) is 36.6 Å².